The Labute approximate surface area is 154 Å². The van der Waals surface area contributed by atoms with Crippen LogP contribution in [0.15, 0.2) is 36.5 Å². The molecule has 26 heavy (non-hydrogen) atoms. The summed E-state index contributed by atoms with van der Waals surface area (Å²) in [6.07, 6.45) is 0.138. The van der Waals surface area contributed by atoms with Gasteiger partial charge < -0.3 is 10.2 Å². The Hall–Kier alpha value is -2.28. The predicted molar refractivity (Wildman–Crippen MR) is 94.7 cm³/mol. The molecular formula is C18H17ClF3N3O. The van der Waals surface area contributed by atoms with Crippen molar-refractivity contribution in [2.75, 3.05) is 23.3 Å². The summed E-state index contributed by atoms with van der Waals surface area (Å²) in [5.74, 6) is 0.0305. The number of rotatable bonds is 3. The smallest absolute Gasteiger partial charge is 0.357 e. The van der Waals surface area contributed by atoms with Crippen molar-refractivity contribution in [1.82, 2.24) is 4.98 Å². The molecule has 4 nitrogen and oxygen atoms in total. The molecule has 2 aromatic rings. The first-order valence-corrected chi connectivity index (χ1v) is 8.61. The van der Waals surface area contributed by atoms with E-state index in [2.05, 4.69) is 15.2 Å². The van der Waals surface area contributed by atoms with E-state index in [-0.39, 0.29) is 16.3 Å². The summed E-state index contributed by atoms with van der Waals surface area (Å²) in [6.45, 7) is 1.71. The summed E-state index contributed by atoms with van der Waals surface area (Å²) in [5, 5.41) is 2.28. The molecule has 1 aliphatic heterocycles. The van der Waals surface area contributed by atoms with Crippen LogP contribution in [0.25, 0.3) is 0 Å². The number of pyridine rings is 1. The SMILES string of the molecule is O=C(Nc1ccc(Cl)cc1C(F)(F)F)c1ccnc(N2CCCCC2)c1. The number of nitrogens with zero attached hydrogens (tertiary/aromatic N) is 2. The van der Waals surface area contributed by atoms with Crippen molar-refractivity contribution in [3.05, 3.63) is 52.7 Å². The Morgan fingerprint density at radius 1 is 1.12 bits per heavy atom. The quantitative estimate of drug-likeness (QED) is 0.811. The lowest BCUT2D eigenvalue weighted by molar-refractivity contribution is -0.136. The van der Waals surface area contributed by atoms with Crippen LogP contribution in [0.3, 0.4) is 0 Å². The van der Waals surface area contributed by atoms with Gasteiger partial charge in [0.1, 0.15) is 5.82 Å². The molecule has 138 valence electrons. The first-order chi connectivity index (χ1) is 12.3. The van der Waals surface area contributed by atoms with Crippen molar-refractivity contribution in [2.24, 2.45) is 0 Å². The monoisotopic (exact) mass is 383 g/mol. The number of anilines is 2. The maximum atomic E-state index is 13.2. The van der Waals surface area contributed by atoms with Crippen LogP contribution in [-0.2, 0) is 6.18 Å². The van der Waals surface area contributed by atoms with Gasteiger partial charge in [-0.15, -0.1) is 0 Å². The molecule has 0 saturated carbocycles. The van der Waals surface area contributed by atoms with Crippen LogP contribution in [0, 0.1) is 0 Å². The van der Waals surface area contributed by atoms with Gasteiger partial charge in [-0.3, -0.25) is 4.79 Å². The van der Waals surface area contributed by atoms with Gasteiger partial charge in [-0.25, -0.2) is 4.98 Å². The number of benzene rings is 1. The second-order valence-electron chi connectivity index (χ2n) is 6.09. The highest BCUT2D eigenvalue weighted by atomic mass is 35.5. The zero-order chi connectivity index (χ0) is 18.7. The van der Waals surface area contributed by atoms with Crippen LogP contribution < -0.4 is 10.2 Å². The molecule has 1 fully saturated rings. The van der Waals surface area contributed by atoms with E-state index in [4.69, 9.17) is 11.6 Å². The fourth-order valence-corrected chi connectivity index (χ4v) is 3.08. The number of carbonyl (C=O) groups is 1. The number of halogens is 4. The van der Waals surface area contributed by atoms with Crippen LogP contribution in [0.2, 0.25) is 5.02 Å². The van der Waals surface area contributed by atoms with E-state index in [9.17, 15) is 18.0 Å². The van der Waals surface area contributed by atoms with E-state index in [0.29, 0.717) is 5.82 Å². The van der Waals surface area contributed by atoms with Crippen molar-refractivity contribution >= 4 is 29.0 Å². The Morgan fingerprint density at radius 2 is 1.85 bits per heavy atom. The van der Waals surface area contributed by atoms with Crippen LogP contribution in [0.1, 0.15) is 35.2 Å². The maximum absolute atomic E-state index is 13.2. The van der Waals surface area contributed by atoms with E-state index < -0.39 is 17.6 Å². The zero-order valence-corrected chi connectivity index (χ0v) is 14.6. The molecule has 0 aliphatic carbocycles. The molecule has 2 heterocycles. The molecule has 1 amide bonds. The molecule has 1 aromatic heterocycles. The van der Waals surface area contributed by atoms with Gasteiger partial charge >= 0.3 is 6.18 Å². The zero-order valence-electron chi connectivity index (χ0n) is 13.8. The lowest BCUT2D eigenvalue weighted by Crippen LogP contribution is -2.30. The van der Waals surface area contributed by atoms with E-state index in [1.165, 1.54) is 18.3 Å². The van der Waals surface area contributed by atoms with Gasteiger partial charge in [0.25, 0.3) is 5.91 Å². The molecule has 1 aromatic carbocycles. The standard InChI is InChI=1S/C18H17ClF3N3O/c19-13-4-5-15(14(11-13)18(20,21)22)24-17(26)12-6-7-23-16(10-12)25-8-2-1-3-9-25/h4-7,10-11H,1-3,8-9H2,(H,24,26). The van der Waals surface area contributed by atoms with Gasteiger partial charge in [0.15, 0.2) is 0 Å². The van der Waals surface area contributed by atoms with Gasteiger partial charge in [0, 0.05) is 29.9 Å². The number of piperidine rings is 1. The third kappa shape index (κ3) is 4.27. The van der Waals surface area contributed by atoms with Gasteiger partial charge in [-0.05, 0) is 49.6 Å². The minimum absolute atomic E-state index is 0.0494. The number of aromatic nitrogens is 1. The topological polar surface area (TPSA) is 45.2 Å². The predicted octanol–water partition coefficient (Wildman–Crippen LogP) is 5.00. The van der Waals surface area contributed by atoms with E-state index >= 15 is 0 Å². The molecule has 0 bridgehead atoms. The minimum Gasteiger partial charge on any atom is -0.357 e. The fourth-order valence-electron chi connectivity index (χ4n) is 2.91. The molecule has 1 saturated heterocycles. The Balaban J connectivity index is 1.83. The summed E-state index contributed by atoms with van der Waals surface area (Å²) in [6, 6.07) is 6.33. The van der Waals surface area contributed by atoms with Crippen molar-refractivity contribution in [3.8, 4) is 0 Å². The van der Waals surface area contributed by atoms with Crippen LogP contribution in [0.4, 0.5) is 24.7 Å². The van der Waals surface area contributed by atoms with Gasteiger partial charge in [0.2, 0.25) is 0 Å². The average molecular weight is 384 g/mol. The summed E-state index contributed by atoms with van der Waals surface area (Å²) < 4.78 is 39.5. The highest BCUT2D eigenvalue weighted by molar-refractivity contribution is 6.30. The lowest BCUT2D eigenvalue weighted by atomic mass is 10.1. The first-order valence-electron chi connectivity index (χ1n) is 8.24. The van der Waals surface area contributed by atoms with Crippen molar-refractivity contribution in [2.45, 2.75) is 25.4 Å². The number of carbonyl (C=O) groups excluding carboxylic acids is 1. The maximum Gasteiger partial charge on any atom is 0.418 e. The van der Waals surface area contributed by atoms with Crippen LogP contribution in [0.5, 0.6) is 0 Å². The second-order valence-corrected chi connectivity index (χ2v) is 6.53. The molecule has 3 rings (SSSR count). The summed E-state index contributed by atoms with van der Waals surface area (Å²) in [5.41, 5.74) is -1.06. The third-order valence-electron chi connectivity index (χ3n) is 4.22. The lowest BCUT2D eigenvalue weighted by Gasteiger charge is -2.27. The average Bonchev–Trinajstić information content (AvgIpc) is 2.63. The Morgan fingerprint density at radius 3 is 2.54 bits per heavy atom. The van der Waals surface area contributed by atoms with Gasteiger partial charge in [-0.1, -0.05) is 11.6 Å². The molecule has 1 aliphatic rings. The molecule has 0 spiro atoms. The number of nitrogens with one attached hydrogen (secondary N) is 1. The van der Waals surface area contributed by atoms with Gasteiger partial charge in [0.05, 0.1) is 11.3 Å². The second kappa shape index (κ2) is 7.53. The first kappa shape index (κ1) is 18.5. The minimum atomic E-state index is -4.62. The normalized spacial score (nSPS) is 15.0. The number of alkyl halides is 3. The molecule has 1 N–H and O–H groups in total. The third-order valence-corrected chi connectivity index (χ3v) is 4.46. The molecule has 0 radical (unpaired) electrons. The van der Waals surface area contributed by atoms with E-state index in [0.717, 1.165) is 44.5 Å². The molecule has 0 unspecified atom stereocenters. The van der Waals surface area contributed by atoms with Crippen molar-refractivity contribution < 1.29 is 18.0 Å². The van der Waals surface area contributed by atoms with Crippen LogP contribution in [-0.4, -0.2) is 24.0 Å². The molecule has 8 heteroatoms. The fraction of sp³-hybridized carbons (Fsp3) is 0.333. The Kier molecular flexibility index (Phi) is 5.36. The highest BCUT2D eigenvalue weighted by Crippen LogP contribution is 2.36. The Bertz CT molecular complexity index is 805. The summed E-state index contributed by atoms with van der Waals surface area (Å²) in [4.78, 5) is 18.8. The molecule has 0 atom stereocenters. The highest BCUT2D eigenvalue weighted by Gasteiger charge is 2.34. The number of hydrogen-bond acceptors (Lipinski definition) is 3. The van der Waals surface area contributed by atoms with Crippen molar-refractivity contribution in [3.63, 3.8) is 0 Å². The summed E-state index contributed by atoms with van der Waals surface area (Å²) >= 11 is 5.66. The molecular weight excluding hydrogens is 367 g/mol. The summed E-state index contributed by atoms with van der Waals surface area (Å²) in [7, 11) is 0. The van der Waals surface area contributed by atoms with E-state index in [1.54, 1.807) is 6.07 Å². The number of hydrogen-bond donors (Lipinski definition) is 1. The van der Waals surface area contributed by atoms with Gasteiger partial charge in [-0.2, -0.15) is 13.2 Å². The van der Waals surface area contributed by atoms with Crippen LogP contribution >= 0.6 is 11.6 Å². The number of amides is 1. The largest absolute Gasteiger partial charge is 0.418 e. The van der Waals surface area contributed by atoms with E-state index in [1.807, 2.05) is 0 Å². The van der Waals surface area contributed by atoms with Crippen molar-refractivity contribution in [1.29, 1.82) is 0 Å².